The van der Waals surface area contributed by atoms with Gasteiger partial charge >= 0.3 is 12.0 Å². The van der Waals surface area contributed by atoms with Crippen LogP contribution in [0.15, 0.2) is 30.6 Å². The van der Waals surface area contributed by atoms with Crippen LogP contribution in [0.1, 0.15) is 48.0 Å². The average Bonchev–Trinajstić information content (AvgIpc) is 3.95. The molecule has 0 radical (unpaired) electrons. The Kier molecular flexibility index (Phi) is 31.6. The van der Waals surface area contributed by atoms with Gasteiger partial charge in [-0.15, -0.1) is 5.06 Å². The summed E-state index contributed by atoms with van der Waals surface area (Å²) >= 11 is 0. The van der Waals surface area contributed by atoms with Crippen LogP contribution in [0.4, 0.5) is 10.7 Å². The number of hydrogen-bond acceptors (Lipinski definition) is 24. The molecule has 1 aromatic heterocycles. The number of imide groups is 2. The van der Waals surface area contributed by atoms with Crippen LogP contribution in [-0.4, -0.2) is 254 Å². The summed E-state index contributed by atoms with van der Waals surface area (Å²) in [5.74, 6) is -0.802. The lowest BCUT2D eigenvalue weighted by Gasteiger charge is -2.37. The van der Waals surface area contributed by atoms with E-state index in [4.69, 9.17) is 71.2 Å². The van der Waals surface area contributed by atoms with Crippen LogP contribution in [-0.2, 0) is 87.4 Å². The number of ether oxygens (including phenoxy) is 14. The molecule has 0 saturated carbocycles. The Bertz CT molecular complexity index is 2120. The fraction of sp³-hybridized carbons (Fsp3) is 0.692. The van der Waals surface area contributed by atoms with Gasteiger partial charge in [0.2, 0.25) is 5.95 Å². The third kappa shape index (κ3) is 24.1. The van der Waals surface area contributed by atoms with Gasteiger partial charge in [-0.25, -0.2) is 19.6 Å². The number of rotatable bonds is 46. The second kappa shape index (κ2) is 38.8. The molecule has 3 fully saturated rings. The van der Waals surface area contributed by atoms with E-state index in [9.17, 15) is 28.8 Å². The predicted molar refractivity (Wildman–Crippen MR) is 279 cm³/mol. The summed E-state index contributed by atoms with van der Waals surface area (Å²) < 4.78 is 76.5. The fourth-order valence-corrected chi connectivity index (χ4v) is 7.85. The first-order valence-corrected chi connectivity index (χ1v) is 26.8. The number of nitrogens with zero attached hydrogens (tertiary/aromatic N) is 5. The second-order valence-electron chi connectivity index (χ2n) is 17.7. The molecular weight excluding hydrogens is 1060 g/mol. The van der Waals surface area contributed by atoms with Gasteiger partial charge in [0.25, 0.3) is 23.6 Å². The van der Waals surface area contributed by atoms with Gasteiger partial charge < -0.3 is 86.7 Å². The number of amides is 6. The SMILES string of the molecule is COc1ccc(OC)c(CN2C(=O)NC3(CCN(c4ncc(C(=O)NCCOCCOCCOCCOCCOCCOCCOCCOCCOCCOCCOCCOCCC(=O)ON5C(=O)CCC5=O)cn4)CC3)C2=O)c1. The van der Waals surface area contributed by atoms with E-state index < -0.39 is 29.4 Å². The highest BCUT2D eigenvalue weighted by Crippen LogP contribution is 2.33. The van der Waals surface area contributed by atoms with Crippen LogP contribution in [0.5, 0.6) is 11.5 Å². The van der Waals surface area contributed by atoms with E-state index >= 15 is 0 Å². The van der Waals surface area contributed by atoms with E-state index in [1.807, 2.05) is 4.90 Å². The Balaban J connectivity index is 0.697. The first-order valence-electron chi connectivity index (χ1n) is 26.8. The predicted octanol–water partition coefficient (Wildman–Crippen LogP) is 0.511. The van der Waals surface area contributed by atoms with Crippen molar-refractivity contribution >= 4 is 41.6 Å². The minimum atomic E-state index is -1.02. The number of hydrogen-bond donors (Lipinski definition) is 2. The number of aromatic nitrogens is 2. The van der Waals surface area contributed by atoms with Gasteiger partial charge in [-0.3, -0.25) is 24.1 Å². The summed E-state index contributed by atoms with van der Waals surface area (Å²) in [7, 11) is 3.08. The minimum absolute atomic E-state index is 0.0473. The summed E-state index contributed by atoms with van der Waals surface area (Å²) in [6, 6.07) is 4.78. The molecule has 6 amide bonds. The molecule has 0 atom stereocenters. The minimum Gasteiger partial charge on any atom is -0.497 e. The van der Waals surface area contributed by atoms with Crippen LogP contribution in [0, 0.1) is 0 Å². The molecule has 3 aliphatic heterocycles. The Hall–Kier alpha value is -5.76. The number of methoxy groups -OCH3 is 2. The largest absolute Gasteiger partial charge is 0.497 e. The van der Waals surface area contributed by atoms with Crippen LogP contribution in [0.2, 0.25) is 0 Å². The number of piperidine rings is 1. The first-order chi connectivity index (χ1) is 39.1. The standard InChI is InChI=1S/C52H79N7O21/c1-66-43-3-4-44(67-2)41(37-43)40-58-49(64)52(56-51(58)65)8-11-57(12-9-52)50-54-38-42(39-55-50)48(63)53-10-14-69-16-18-71-20-22-73-24-26-75-28-30-77-32-34-79-36-35-78-33-31-76-29-27-74-25-23-72-21-19-70-17-15-68-13-7-47(62)80-59-45(60)5-6-46(59)61/h3-4,37-39H,5-36,40H2,1-2H3,(H,53,63)(H,56,65). The topological polar surface area (TPSA) is 300 Å². The smallest absolute Gasteiger partial charge is 0.335 e. The van der Waals surface area contributed by atoms with Gasteiger partial charge in [0.15, 0.2) is 0 Å². The fourth-order valence-electron chi connectivity index (χ4n) is 7.85. The Labute approximate surface area is 465 Å². The molecule has 2 N–H and O–H groups in total. The molecule has 28 nitrogen and oxygen atoms in total. The highest BCUT2D eigenvalue weighted by atomic mass is 16.7. The molecule has 80 heavy (non-hydrogen) atoms. The average molecular weight is 1140 g/mol. The summed E-state index contributed by atoms with van der Waals surface area (Å²) in [4.78, 5) is 90.6. The normalized spacial score (nSPS) is 15.1. The lowest BCUT2D eigenvalue weighted by molar-refractivity contribution is -0.198. The number of benzene rings is 1. The number of carbonyl (C=O) groups is 6. The zero-order valence-corrected chi connectivity index (χ0v) is 46.0. The van der Waals surface area contributed by atoms with Crippen molar-refractivity contribution in [2.75, 3.05) is 197 Å². The first kappa shape index (κ1) is 65.1. The van der Waals surface area contributed by atoms with Crippen LogP contribution in [0.3, 0.4) is 0 Å². The van der Waals surface area contributed by atoms with Gasteiger partial charge in [0, 0.05) is 50.4 Å². The molecule has 5 rings (SSSR count). The molecule has 2 aromatic rings. The van der Waals surface area contributed by atoms with Crippen LogP contribution < -0.4 is 25.0 Å². The van der Waals surface area contributed by atoms with Crippen molar-refractivity contribution in [1.82, 2.24) is 30.6 Å². The molecule has 4 heterocycles. The van der Waals surface area contributed by atoms with Gasteiger partial charge in [-0.05, 0) is 31.0 Å². The molecule has 1 spiro atoms. The van der Waals surface area contributed by atoms with E-state index in [2.05, 4.69) is 20.6 Å². The molecule has 0 bridgehead atoms. The maximum Gasteiger partial charge on any atom is 0.335 e. The number of urea groups is 1. The highest BCUT2D eigenvalue weighted by molar-refractivity contribution is 6.07. The zero-order valence-electron chi connectivity index (χ0n) is 46.0. The molecule has 1 aromatic carbocycles. The number of carbonyl (C=O) groups excluding carboxylic acids is 6. The van der Waals surface area contributed by atoms with Crippen LogP contribution in [0.25, 0.3) is 0 Å². The highest BCUT2D eigenvalue weighted by Gasteiger charge is 2.52. The molecule has 0 unspecified atom stereocenters. The maximum atomic E-state index is 13.6. The third-order valence-corrected chi connectivity index (χ3v) is 12.1. The number of nitrogens with one attached hydrogen (secondary N) is 2. The summed E-state index contributed by atoms with van der Waals surface area (Å²) in [5.41, 5.74) is -0.0666. The van der Waals surface area contributed by atoms with Gasteiger partial charge in [0.1, 0.15) is 17.0 Å². The number of hydroxylamine groups is 2. The quantitative estimate of drug-likeness (QED) is 0.0518. The van der Waals surface area contributed by atoms with Crippen molar-refractivity contribution < 1.29 is 99.9 Å². The molecule has 28 heteroatoms. The van der Waals surface area contributed by atoms with E-state index in [0.29, 0.717) is 205 Å². The van der Waals surface area contributed by atoms with E-state index in [-0.39, 0.29) is 57.4 Å². The van der Waals surface area contributed by atoms with Crippen molar-refractivity contribution in [3.63, 3.8) is 0 Å². The Morgan fingerprint density at radius 1 is 0.575 bits per heavy atom. The number of anilines is 1. The van der Waals surface area contributed by atoms with Gasteiger partial charge in [-0.2, -0.15) is 0 Å². The Morgan fingerprint density at radius 2 is 1.00 bits per heavy atom. The lowest BCUT2D eigenvalue weighted by atomic mass is 9.87. The van der Waals surface area contributed by atoms with Crippen molar-refractivity contribution in [1.29, 1.82) is 0 Å². The molecule has 0 aliphatic carbocycles. The van der Waals surface area contributed by atoms with Crippen molar-refractivity contribution in [2.24, 2.45) is 0 Å². The molecule has 3 saturated heterocycles. The summed E-state index contributed by atoms with van der Waals surface area (Å²) in [6.07, 6.45) is 3.67. The van der Waals surface area contributed by atoms with Crippen LogP contribution >= 0.6 is 0 Å². The lowest BCUT2D eigenvalue weighted by Crippen LogP contribution is -2.55. The summed E-state index contributed by atoms with van der Waals surface area (Å²) in [5, 5.41) is 6.23. The van der Waals surface area contributed by atoms with E-state index in [1.165, 1.54) is 24.4 Å². The van der Waals surface area contributed by atoms with Crippen molar-refractivity contribution in [3.05, 3.63) is 41.7 Å². The molecule has 448 valence electrons. The Morgan fingerprint density at radius 3 is 1.43 bits per heavy atom. The van der Waals surface area contributed by atoms with Gasteiger partial charge in [0.05, 0.1) is 191 Å². The van der Waals surface area contributed by atoms with Crippen molar-refractivity contribution in [2.45, 2.75) is 44.2 Å². The summed E-state index contributed by atoms with van der Waals surface area (Å²) in [6.45, 7) is 10.6. The molecule has 3 aliphatic rings. The second-order valence-corrected chi connectivity index (χ2v) is 17.7. The maximum absolute atomic E-state index is 13.6. The van der Waals surface area contributed by atoms with Crippen molar-refractivity contribution in [3.8, 4) is 11.5 Å². The monoisotopic (exact) mass is 1140 g/mol. The zero-order chi connectivity index (χ0) is 56.9. The van der Waals surface area contributed by atoms with E-state index in [0.717, 1.165) is 0 Å². The molecular formula is C52H79N7O21. The third-order valence-electron chi connectivity index (χ3n) is 12.1. The van der Waals surface area contributed by atoms with E-state index in [1.54, 1.807) is 25.3 Å². The van der Waals surface area contributed by atoms with Gasteiger partial charge in [-0.1, -0.05) is 0 Å².